The minimum Gasteiger partial charge on any atom is -0.480 e. The Balaban J connectivity index is 1.92. The van der Waals surface area contributed by atoms with E-state index in [2.05, 4.69) is 5.32 Å². The van der Waals surface area contributed by atoms with E-state index in [1.54, 1.807) is 24.3 Å². The largest absolute Gasteiger partial charge is 0.480 e. The summed E-state index contributed by atoms with van der Waals surface area (Å²) in [6, 6.07) is 14.2. The van der Waals surface area contributed by atoms with Crippen molar-refractivity contribution in [1.82, 2.24) is 0 Å². The quantitative estimate of drug-likeness (QED) is 0.719. The molecule has 5 nitrogen and oxygen atoms in total. The lowest BCUT2D eigenvalue weighted by atomic mass is 10.1. The van der Waals surface area contributed by atoms with Crippen LogP contribution < -0.4 is 5.32 Å². The molecule has 2 N–H and O–H groups in total. The third-order valence-corrected chi connectivity index (χ3v) is 5.68. The number of carbonyl (C=O) groups excluding carboxylic acids is 1. The van der Waals surface area contributed by atoms with Crippen molar-refractivity contribution in [3.05, 3.63) is 64.7 Å². The third-order valence-electron chi connectivity index (χ3n) is 3.81. The molecule has 2 aromatic carbocycles. The minimum absolute atomic E-state index is 0.208. The molecule has 2 rings (SSSR count). The number of anilines is 1. The van der Waals surface area contributed by atoms with E-state index in [-0.39, 0.29) is 12.2 Å². The van der Waals surface area contributed by atoms with E-state index in [0.29, 0.717) is 17.1 Å². The number of amides is 1. The van der Waals surface area contributed by atoms with Gasteiger partial charge in [-0.25, -0.2) is 0 Å². The van der Waals surface area contributed by atoms with Crippen molar-refractivity contribution in [2.75, 3.05) is 11.1 Å². The summed E-state index contributed by atoms with van der Waals surface area (Å²) in [6.45, 7) is 1.97. The first-order valence-corrected chi connectivity index (χ1v) is 9.82. The molecule has 0 aromatic heterocycles. The summed E-state index contributed by atoms with van der Waals surface area (Å²) < 4.78 is 12.4. The van der Waals surface area contributed by atoms with Crippen LogP contribution in [0, 0.1) is 6.92 Å². The Hall–Kier alpha value is -2.18. The van der Waals surface area contributed by atoms with Gasteiger partial charge in [0.05, 0.1) is 0 Å². The lowest BCUT2D eigenvalue weighted by Gasteiger charge is -2.12. The number of aryl methyl sites for hydroxylation is 2. The Bertz CT molecular complexity index is 790. The lowest BCUT2D eigenvalue weighted by Crippen LogP contribution is -2.32. The maximum Gasteiger partial charge on any atom is 0.319 e. The molecule has 2 atom stereocenters. The Morgan fingerprint density at radius 2 is 1.73 bits per heavy atom. The first-order chi connectivity index (χ1) is 12.3. The van der Waals surface area contributed by atoms with E-state index in [4.69, 9.17) is 11.6 Å². The van der Waals surface area contributed by atoms with Gasteiger partial charge < -0.3 is 10.4 Å². The fourth-order valence-corrected chi connectivity index (χ4v) is 3.64. The van der Waals surface area contributed by atoms with Crippen molar-refractivity contribution < 1.29 is 18.9 Å². The second-order valence-electron chi connectivity index (χ2n) is 5.93. The van der Waals surface area contributed by atoms with Gasteiger partial charge in [0.25, 0.3) is 0 Å². The first kappa shape index (κ1) is 20.1. The zero-order valence-corrected chi connectivity index (χ0v) is 15.8. The molecule has 0 bridgehead atoms. The summed E-state index contributed by atoms with van der Waals surface area (Å²) >= 11 is 5.78. The molecule has 2 unspecified atom stereocenters. The van der Waals surface area contributed by atoms with Crippen LogP contribution in [-0.2, 0) is 26.8 Å². The summed E-state index contributed by atoms with van der Waals surface area (Å²) in [7, 11) is -1.81. The van der Waals surface area contributed by atoms with E-state index in [9.17, 15) is 18.9 Å². The van der Waals surface area contributed by atoms with Crippen molar-refractivity contribution in [3.63, 3.8) is 0 Å². The van der Waals surface area contributed by atoms with Crippen LogP contribution in [0.25, 0.3) is 0 Å². The SMILES string of the molecule is Cc1ccc(CCC(C(=O)O)S(=O)CC(=O)Nc2ccc(Cl)cc2)cc1. The average molecular weight is 394 g/mol. The van der Waals surface area contributed by atoms with Crippen LogP contribution in [0.4, 0.5) is 5.69 Å². The van der Waals surface area contributed by atoms with E-state index >= 15 is 0 Å². The van der Waals surface area contributed by atoms with Crippen LogP contribution >= 0.6 is 11.6 Å². The molecule has 7 heteroatoms. The molecule has 0 fully saturated rings. The third kappa shape index (κ3) is 6.28. The molecular formula is C19H20ClNO4S. The van der Waals surface area contributed by atoms with Gasteiger partial charge in [-0.3, -0.25) is 13.8 Å². The van der Waals surface area contributed by atoms with Crippen LogP contribution in [0.15, 0.2) is 48.5 Å². The monoisotopic (exact) mass is 393 g/mol. The van der Waals surface area contributed by atoms with Crippen LogP contribution in [0.3, 0.4) is 0 Å². The van der Waals surface area contributed by atoms with E-state index in [1.807, 2.05) is 31.2 Å². The number of carboxylic acid groups (broad SMARTS) is 1. The molecule has 1 amide bonds. The second kappa shape index (κ2) is 9.50. The van der Waals surface area contributed by atoms with Gasteiger partial charge in [0.1, 0.15) is 11.0 Å². The number of aliphatic carboxylic acids is 1. The Labute approximate surface area is 159 Å². The summed E-state index contributed by atoms with van der Waals surface area (Å²) in [5.41, 5.74) is 2.61. The fraction of sp³-hybridized carbons (Fsp3) is 0.263. The van der Waals surface area contributed by atoms with Crippen LogP contribution in [0.2, 0.25) is 5.02 Å². The summed E-state index contributed by atoms with van der Waals surface area (Å²) in [4.78, 5) is 23.5. The summed E-state index contributed by atoms with van der Waals surface area (Å²) in [5, 5.41) is 11.4. The predicted octanol–water partition coefficient (Wildman–Crippen LogP) is 3.42. The van der Waals surface area contributed by atoms with Gasteiger partial charge >= 0.3 is 5.97 Å². The predicted molar refractivity (Wildman–Crippen MR) is 104 cm³/mol. The maximum absolute atomic E-state index is 12.4. The number of benzene rings is 2. The zero-order chi connectivity index (χ0) is 19.1. The molecule has 0 aliphatic heterocycles. The minimum atomic E-state index is -1.81. The molecule has 0 spiro atoms. The van der Waals surface area contributed by atoms with Gasteiger partial charge in [-0.2, -0.15) is 0 Å². The van der Waals surface area contributed by atoms with Crippen molar-refractivity contribution in [1.29, 1.82) is 0 Å². The molecular weight excluding hydrogens is 374 g/mol. The van der Waals surface area contributed by atoms with E-state index in [1.165, 1.54) is 0 Å². The summed E-state index contributed by atoms with van der Waals surface area (Å²) in [5.74, 6) is -2.02. The second-order valence-corrected chi connectivity index (χ2v) is 7.99. The molecule has 0 aliphatic rings. The number of carbonyl (C=O) groups is 2. The van der Waals surface area contributed by atoms with Gasteiger partial charge in [-0.05, 0) is 49.6 Å². The smallest absolute Gasteiger partial charge is 0.319 e. The standard InChI is InChI=1S/C19H20ClNO4S/c1-13-2-4-14(5-3-13)6-11-17(19(23)24)26(25)12-18(22)21-16-9-7-15(20)8-10-16/h2-5,7-10,17H,6,11-12H2,1H3,(H,21,22)(H,23,24). The normalized spacial score (nSPS) is 13.0. The molecule has 2 aromatic rings. The molecule has 138 valence electrons. The highest BCUT2D eigenvalue weighted by Gasteiger charge is 2.26. The number of halogens is 1. The van der Waals surface area contributed by atoms with Gasteiger partial charge in [-0.15, -0.1) is 0 Å². The molecule has 0 heterocycles. The zero-order valence-electron chi connectivity index (χ0n) is 14.3. The Morgan fingerprint density at radius 3 is 2.31 bits per heavy atom. The van der Waals surface area contributed by atoms with Gasteiger partial charge in [0.15, 0.2) is 0 Å². The maximum atomic E-state index is 12.4. The van der Waals surface area contributed by atoms with Gasteiger partial charge in [-0.1, -0.05) is 41.4 Å². The van der Waals surface area contributed by atoms with Crippen LogP contribution in [0.5, 0.6) is 0 Å². The number of carboxylic acids is 1. The number of nitrogens with one attached hydrogen (secondary N) is 1. The van der Waals surface area contributed by atoms with Crippen molar-refractivity contribution >= 4 is 40.0 Å². The molecule has 0 radical (unpaired) electrons. The van der Waals surface area contributed by atoms with Crippen LogP contribution in [-0.4, -0.2) is 32.2 Å². The van der Waals surface area contributed by atoms with E-state index in [0.717, 1.165) is 11.1 Å². The Kier molecular flexibility index (Phi) is 7.36. The van der Waals surface area contributed by atoms with Crippen LogP contribution in [0.1, 0.15) is 17.5 Å². The molecule has 0 saturated carbocycles. The van der Waals surface area contributed by atoms with Crippen molar-refractivity contribution in [2.24, 2.45) is 0 Å². The van der Waals surface area contributed by atoms with Crippen molar-refractivity contribution in [3.8, 4) is 0 Å². The lowest BCUT2D eigenvalue weighted by molar-refractivity contribution is -0.136. The number of hydrogen-bond donors (Lipinski definition) is 2. The molecule has 0 aliphatic carbocycles. The topological polar surface area (TPSA) is 83.5 Å². The highest BCUT2D eigenvalue weighted by molar-refractivity contribution is 7.87. The fourth-order valence-electron chi connectivity index (χ4n) is 2.38. The van der Waals surface area contributed by atoms with Crippen molar-refractivity contribution in [2.45, 2.75) is 25.0 Å². The first-order valence-electron chi connectivity index (χ1n) is 8.06. The average Bonchev–Trinajstić information content (AvgIpc) is 2.58. The number of hydrogen-bond acceptors (Lipinski definition) is 3. The molecule has 0 saturated heterocycles. The molecule has 26 heavy (non-hydrogen) atoms. The number of rotatable bonds is 8. The van der Waals surface area contributed by atoms with E-state index < -0.39 is 27.9 Å². The highest BCUT2D eigenvalue weighted by Crippen LogP contribution is 2.14. The summed E-state index contributed by atoms with van der Waals surface area (Å²) in [6.07, 6.45) is 0.695. The van der Waals surface area contributed by atoms with Gasteiger partial charge in [0.2, 0.25) is 5.91 Å². The van der Waals surface area contributed by atoms with Gasteiger partial charge in [0, 0.05) is 21.5 Å². The Morgan fingerprint density at radius 1 is 1.12 bits per heavy atom. The highest BCUT2D eigenvalue weighted by atomic mass is 35.5.